The number of hydrogen-bond acceptors (Lipinski definition) is 6. The zero-order chi connectivity index (χ0) is 26.2. The SMILES string of the molecule is Cc1cncc(N2CCC([N+](C)(C(=O)c3ccccc3Cl)[C@@H]3CCc4ccc(OC(=O)O)cc43)CC2)n1. The number of carbonyl (C=O) groups excluding carboxylic acids is 1. The highest BCUT2D eigenvalue weighted by Crippen LogP contribution is 2.46. The Morgan fingerprint density at radius 1 is 1.11 bits per heavy atom. The molecule has 37 heavy (non-hydrogen) atoms. The summed E-state index contributed by atoms with van der Waals surface area (Å²) >= 11 is 6.53. The minimum absolute atomic E-state index is 0.0261. The number of fused-ring (bicyclic) bond motifs is 1. The first-order valence-corrected chi connectivity index (χ1v) is 12.9. The molecule has 192 valence electrons. The molecule has 1 fully saturated rings. The first kappa shape index (κ1) is 25.2. The summed E-state index contributed by atoms with van der Waals surface area (Å²) in [6.45, 7) is 3.45. The van der Waals surface area contributed by atoms with Gasteiger partial charge in [0.15, 0.2) is 0 Å². The Labute approximate surface area is 221 Å². The Morgan fingerprint density at radius 3 is 2.57 bits per heavy atom. The van der Waals surface area contributed by atoms with E-state index in [4.69, 9.17) is 21.4 Å². The van der Waals surface area contributed by atoms with Gasteiger partial charge >= 0.3 is 12.1 Å². The van der Waals surface area contributed by atoms with E-state index in [-0.39, 0.29) is 28.2 Å². The zero-order valence-electron chi connectivity index (χ0n) is 20.9. The maximum atomic E-state index is 14.4. The van der Waals surface area contributed by atoms with Crippen LogP contribution in [0.2, 0.25) is 5.02 Å². The standard InChI is InChI=1S/C28H29ClN4O4/c1-18-16-30-17-26(31-18)32-13-11-20(12-14-32)33(2,27(34)22-5-3-4-6-24(22)29)25-10-8-19-7-9-21(15-23(19)25)37-28(35)36/h3-7,9,15-17,20,25H,8,10-14H2,1-2H3/p+1/t25-,33?/m1/s1. The molecule has 3 aromatic rings. The van der Waals surface area contributed by atoms with Crippen molar-refractivity contribution in [2.45, 2.75) is 44.7 Å². The number of benzene rings is 2. The quantitative estimate of drug-likeness (QED) is 0.271. The van der Waals surface area contributed by atoms with Crippen molar-refractivity contribution in [3.8, 4) is 5.75 Å². The van der Waals surface area contributed by atoms with Crippen LogP contribution >= 0.6 is 11.6 Å². The van der Waals surface area contributed by atoms with E-state index in [9.17, 15) is 9.59 Å². The summed E-state index contributed by atoms with van der Waals surface area (Å²) in [4.78, 5) is 36.7. The fourth-order valence-corrected chi connectivity index (χ4v) is 6.19. The number of hydrogen-bond donors (Lipinski definition) is 1. The van der Waals surface area contributed by atoms with Crippen LogP contribution in [0, 0.1) is 6.92 Å². The molecule has 5 rings (SSSR count). The van der Waals surface area contributed by atoms with Gasteiger partial charge in [0.1, 0.15) is 17.6 Å². The molecule has 0 saturated carbocycles. The average molecular weight is 522 g/mol. The fourth-order valence-electron chi connectivity index (χ4n) is 5.97. The largest absolute Gasteiger partial charge is 0.511 e. The number of piperidine rings is 1. The number of aromatic nitrogens is 2. The molecule has 1 aliphatic heterocycles. The van der Waals surface area contributed by atoms with Crippen LogP contribution in [0.5, 0.6) is 5.75 Å². The molecule has 1 saturated heterocycles. The van der Waals surface area contributed by atoms with E-state index < -0.39 is 6.16 Å². The van der Waals surface area contributed by atoms with Gasteiger partial charge in [0, 0.05) is 44.1 Å². The number of rotatable bonds is 5. The summed E-state index contributed by atoms with van der Waals surface area (Å²) in [7, 11) is 2.02. The Morgan fingerprint density at radius 2 is 1.86 bits per heavy atom. The van der Waals surface area contributed by atoms with E-state index in [2.05, 4.69) is 14.9 Å². The van der Waals surface area contributed by atoms with Crippen molar-refractivity contribution in [2.75, 3.05) is 25.0 Å². The summed E-state index contributed by atoms with van der Waals surface area (Å²) in [5, 5.41) is 9.57. The van der Waals surface area contributed by atoms with E-state index in [0.717, 1.165) is 61.4 Å². The highest BCUT2D eigenvalue weighted by atomic mass is 35.5. The van der Waals surface area contributed by atoms with Gasteiger partial charge in [-0.05, 0) is 43.2 Å². The average Bonchev–Trinajstić information content (AvgIpc) is 3.32. The number of ether oxygens (including phenoxy) is 1. The van der Waals surface area contributed by atoms with Crippen LogP contribution in [-0.4, -0.2) is 57.8 Å². The maximum Gasteiger partial charge on any atom is 0.511 e. The Bertz CT molecular complexity index is 1340. The van der Waals surface area contributed by atoms with E-state index in [1.54, 1.807) is 36.7 Å². The van der Waals surface area contributed by atoms with Crippen LogP contribution in [0.25, 0.3) is 0 Å². The minimum Gasteiger partial charge on any atom is -0.449 e. The van der Waals surface area contributed by atoms with Gasteiger partial charge in [-0.15, -0.1) is 0 Å². The molecule has 2 aliphatic rings. The number of quaternary nitrogens is 1. The number of aryl methyl sites for hydroxylation is 2. The molecule has 0 radical (unpaired) electrons. The Kier molecular flexibility index (Phi) is 6.88. The van der Waals surface area contributed by atoms with Crippen molar-refractivity contribution in [3.05, 3.63) is 82.3 Å². The van der Waals surface area contributed by atoms with Gasteiger partial charge in [-0.25, -0.2) is 19.1 Å². The molecule has 1 amide bonds. The van der Waals surface area contributed by atoms with Gasteiger partial charge in [-0.1, -0.05) is 29.8 Å². The van der Waals surface area contributed by atoms with Crippen LogP contribution in [0.3, 0.4) is 0 Å². The lowest BCUT2D eigenvalue weighted by atomic mass is 9.93. The van der Waals surface area contributed by atoms with Gasteiger partial charge in [-0.3, -0.25) is 4.98 Å². The third kappa shape index (κ3) is 4.79. The van der Waals surface area contributed by atoms with Gasteiger partial charge in [0.25, 0.3) is 0 Å². The molecule has 8 nitrogen and oxygen atoms in total. The van der Waals surface area contributed by atoms with Crippen LogP contribution in [0.1, 0.15) is 52.5 Å². The number of carbonyl (C=O) groups is 2. The van der Waals surface area contributed by atoms with Crippen LogP contribution in [0.4, 0.5) is 10.6 Å². The maximum absolute atomic E-state index is 14.4. The zero-order valence-corrected chi connectivity index (χ0v) is 21.7. The lowest BCUT2D eigenvalue weighted by Gasteiger charge is -2.47. The van der Waals surface area contributed by atoms with Crippen molar-refractivity contribution >= 4 is 29.5 Å². The minimum atomic E-state index is -1.36. The van der Waals surface area contributed by atoms with Gasteiger partial charge < -0.3 is 14.7 Å². The number of anilines is 1. The Balaban J connectivity index is 1.51. The predicted octanol–water partition coefficient (Wildman–Crippen LogP) is 5.44. The molecule has 2 heterocycles. The van der Waals surface area contributed by atoms with E-state index in [0.29, 0.717) is 10.6 Å². The summed E-state index contributed by atoms with van der Waals surface area (Å²) in [5.74, 6) is 1.09. The molecule has 1 N–H and O–H groups in total. The molecule has 9 heteroatoms. The number of carboxylic acid groups (broad SMARTS) is 1. The van der Waals surface area contributed by atoms with Crippen LogP contribution in [-0.2, 0) is 6.42 Å². The molecule has 1 aromatic heterocycles. The topological polar surface area (TPSA) is 92.6 Å². The molecule has 1 unspecified atom stereocenters. The molecule has 0 spiro atoms. The van der Waals surface area contributed by atoms with E-state index >= 15 is 0 Å². The molecule has 0 bridgehead atoms. The van der Waals surface area contributed by atoms with Crippen molar-refractivity contribution in [2.24, 2.45) is 0 Å². The second kappa shape index (κ2) is 10.1. The smallest absolute Gasteiger partial charge is 0.449 e. The highest BCUT2D eigenvalue weighted by Gasteiger charge is 2.51. The first-order chi connectivity index (χ1) is 17.8. The normalized spacial score (nSPS) is 19.2. The lowest BCUT2D eigenvalue weighted by Crippen LogP contribution is -2.60. The molecule has 2 atom stereocenters. The monoisotopic (exact) mass is 521 g/mol. The van der Waals surface area contributed by atoms with Gasteiger partial charge in [-0.2, -0.15) is 0 Å². The van der Waals surface area contributed by atoms with Crippen molar-refractivity contribution < 1.29 is 23.9 Å². The first-order valence-electron chi connectivity index (χ1n) is 12.5. The molecular formula is C28H30ClN4O4+. The van der Waals surface area contributed by atoms with E-state index in [1.807, 2.05) is 32.2 Å². The molecule has 1 aliphatic carbocycles. The summed E-state index contributed by atoms with van der Waals surface area (Å²) < 4.78 is 5.13. The van der Waals surface area contributed by atoms with Crippen LogP contribution < -0.4 is 9.64 Å². The van der Waals surface area contributed by atoms with Crippen LogP contribution in [0.15, 0.2) is 54.9 Å². The number of nitrogens with zero attached hydrogens (tertiary/aromatic N) is 4. The Hall–Kier alpha value is -3.49. The second-order valence-corrected chi connectivity index (χ2v) is 10.4. The summed E-state index contributed by atoms with van der Waals surface area (Å²) in [6.07, 6.45) is 5.35. The lowest BCUT2D eigenvalue weighted by molar-refractivity contribution is -0.887. The third-order valence-electron chi connectivity index (χ3n) is 7.85. The van der Waals surface area contributed by atoms with Crippen molar-refractivity contribution in [1.29, 1.82) is 0 Å². The highest BCUT2D eigenvalue weighted by molar-refractivity contribution is 6.33. The molecule has 2 aromatic carbocycles. The predicted molar refractivity (Wildman–Crippen MR) is 140 cm³/mol. The fraction of sp³-hybridized carbons (Fsp3) is 0.357. The summed E-state index contributed by atoms with van der Waals surface area (Å²) in [6, 6.07) is 12.5. The van der Waals surface area contributed by atoms with Gasteiger partial charge in [0.2, 0.25) is 0 Å². The third-order valence-corrected chi connectivity index (χ3v) is 8.18. The van der Waals surface area contributed by atoms with Crippen molar-refractivity contribution in [3.63, 3.8) is 0 Å². The number of halogens is 1. The number of amides is 1. The second-order valence-electron chi connectivity index (χ2n) is 9.95. The van der Waals surface area contributed by atoms with Gasteiger partial charge in [0.05, 0.1) is 35.6 Å². The van der Waals surface area contributed by atoms with Crippen molar-refractivity contribution in [1.82, 2.24) is 9.97 Å². The van der Waals surface area contributed by atoms with E-state index in [1.165, 1.54) is 0 Å². The summed E-state index contributed by atoms with van der Waals surface area (Å²) in [5.41, 5.74) is 3.46. The molecular weight excluding hydrogens is 492 g/mol.